The van der Waals surface area contributed by atoms with Gasteiger partial charge < -0.3 is 10.2 Å². The molecule has 3 aromatic rings. The molecule has 0 aliphatic carbocycles. The minimum atomic E-state index is 0.786. The minimum absolute atomic E-state index is 0.786. The molecule has 1 N–H and O–H groups in total. The molecular formula is C19H19BrN4. The van der Waals surface area contributed by atoms with E-state index in [1.807, 2.05) is 36.4 Å². The summed E-state index contributed by atoms with van der Waals surface area (Å²) in [6.07, 6.45) is 1.60. The van der Waals surface area contributed by atoms with E-state index in [-0.39, 0.29) is 0 Å². The summed E-state index contributed by atoms with van der Waals surface area (Å²) in [7, 11) is 0. The number of hydrogen-bond donors (Lipinski definition) is 1. The summed E-state index contributed by atoms with van der Waals surface area (Å²) in [5, 5.41) is 3.32. The molecule has 1 heterocycles. The lowest BCUT2D eigenvalue weighted by molar-refractivity contribution is 0.810. The number of anilines is 3. The molecule has 1 aromatic heterocycles. The largest absolute Gasteiger partial charge is 0.352 e. The summed E-state index contributed by atoms with van der Waals surface area (Å²) in [5.41, 5.74) is 2.26. The molecule has 0 unspecified atom stereocenters. The number of aromatic nitrogens is 2. The van der Waals surface area contributed by atoms with Gasteiger partial charge in [-0.1, -0.05) is 46.3 Å². The SMILES string of the molecule is CCN(Cc1ccccc1)c1cc(Nc2ccc(Br)cc2)ncn1. The Hall–Kier alpha value is -2.40. The lowest BCUT2D eigenvalue weighted by Crippen LogP contribution is -2.23. The highest BCUT2D eigenvalue weighted by Crippen LogP contribution is 2.21. The van der Waals surface area contributed by atoms with Crippen LogP contribution < -0.4 is 10.2 Å². The molecule has 0 spiro atoms. The summed E-state index contributed by atoms with van der Waals surface area (Å²) < 4.78 is 1.05. The van der Waals surface area contributed by atoms with Crippen molar-refractivity contribution in [1.29, 1.82) is 0 Å². The van der Waals surface area contributed by atoms with Crippen LogP contribution in [-0.2, 0) is 6.54 Å². The lowest BCUT2D eigenvalue weighted by atomic mass is 10.2. The molecule has 0 atom stereocenters. The highest BCUT2D eigenvalue weighted by molar-refractivity contribution is 9.10. The van der Waals surface area contributed by atoms with Gasteiger partial charge in [-0.25, -0.2) is 9.97 Å². The molecule has 2 aromatic carbocycles. The molecule has 4 nitrogen and oxygen atoms in total. The van der Waals surface area contributed by atoms with Gasteiger partial charge in [0.1, 0.15) is 18.0 Å². The van der Waals surface area contributed by atoms with Crippen molar-refractivity contribution >= 4 is 33.3 Å². The van der Waals surface area contributed by atoms with Crippen LogP contribution in [0.3, 0.4) is 0 Å². The third-order valence-electron chi connectivity index (χ3n) is 3.69. The van der Waals surface area contributed by atoms with E-state index in [2.05, 4.69) is 67.3 Å². The van der Waals surface area contributed by atoms with Crippen LogP contribution in [0.2, 0.25) is 0 Å². The topological polar surface area (TPSA) is 41.0 Å². The van der Waals surface area contributed by atoms with Gasteiger partial charge in [0, 0.05) is 29.3 Å². The van der Waals surface area contributed by atoms with Crippen LogP contribution in [0.25, 0.3) is 0 Å². The van der Waals surface area contributed by atoms with Crippen molar-refractivity contribution in [2.45, 2.75) is 13.5 Å². The van der Waals surface area contributed by atoms with E-state index in [1.165, 1.54) is 5.56 Å². The normalized spacial score (nSPS) is 10.4. The average molecular weight is 383 g/mol. The zero-order valence-corrected chi connectivity index (χ0v) is 15.1. The smallest absolute Gasteiger partial charge is 0.135 e. The number of rotatable bonds is 6. The Morgan fingerprint density at radius 1 is 1.00 bits per heavy atom. The van der Waals surface area contributed by atoms with Gasteiger partial charge in [0.05, 0.1) is 0 Å². The van der Waals surface area contributed by atoms with E-state index in [1.54, 1.807) is 6.33 Å². The predicted octanol–water partition coefficient (Wildman–Crippen LogP) is 5.01. The molecule has 0 aliphatic heterocycles. The molecule has 122 valence electrons. The molecule has 0 saturated carbocycles. The average Bonchev–Trinajstić information content (AvgIpc) is 2.63. The third-order valence-corrected chi connectivity index (χ3v) is 4.22. The van der Waals surface area contributed by atoms with Crippen LogP contribution in [0.4, 0.5) is 17.3 Å². The fourth-order valence-electron chi connectivity index (χ4n) is 2.43. The van der Waals surface area contributed by atoms with Crippen LogP contribution in [0.15, 0.2) is 71.5 Å². The van der Waals surface area contributed by atoms with Crippen molar-refractivity contribution in [3.8, 4) is 0 Å². The first-order valence-corrected chi connectivity index (χ1v) is 8.67. The number of benzene rings is 2. The van der Waals surface area contributed by atoms with Crippen molar-refractivity contribution in [2.75, 3.05) is 16.8 Å². The molecule has 5 heteroatoms. The predicted molar refractivity (Wildman–Crippen MR) is 103 cm³/mol. The van der Waals surface area contributed by atoms with Crippen molar-refractivity contribution in [2.24, 2.45) is 0 Å². The number of nitrogens with zero attached hydrogens (tertiary/aromatic N) is 3. The lowest BCUT2D eigenvalue weighted by Gasteiger charge is -2.22. The minimum Gasteiger partial charge on any atom is -0.352 e. The van der Waals surface area contributed by atoms with Crippen molar-refractivity contribution in [1.82, 2.24) is 9.97 Å². The summed E-state index contributed by atoms with van der Waals surface area (Å²) in [6.45, 7) is 3.84. The van der Waals surface area contributed by atoms with Crippen molar-refractivity contribution < 1.29 is 0 Å². The summed E-state index contributed by atoms with van der Waals surface area (Å²) in [6, 6.07) is 20.4. The van der Waals surface area contributed by atoms with E-state index in [4.69, 9.17) is 0 Å². The highest BCUT2D eigenvalue weighted by atomic mass is 79.9. The first-order valence-electron chi connectivity index (χ1n) is 7.88. The quantitative estimate of drug-likeness (QED) is 0.650. The fourth-order valence-corrected chi connectivity index (χ4v) is 2.69. The molecule has 0 bridgehead atoms. The number of halogens is 1. The second-order valence-corrected chi connectivity index (χ2v) is 6.31. The molecule has 0 radical (unpaired) electrons. The van der Waals surface area contributed by atoms with E-state index < -0.39 is 0 Å². The fraction of sp³-hybridized carbons (Fsp3) is 0.158. The van der Waals surface area contributed by atoms with E-state index in [0.717, 1.165) is 34.9 Å². The molecule has 0 aliphatic rings. The molecule has 0 fully saturated rings. The summed E-state index contributed by atoms with van der Waals surface area (Å²) in [4.78, 5) is 11.0. The Morgan fingerprint density at radius 3 is 2.46 bits per heavy atom. The molecule has 0 saturated heterocycles. The van der Waals surface area contributed by atoms with E-state index in [0.29, 0.717) is 0 Å². The maximum Gasteiger partial charge on any atom is 0.135 e. The maximum absolute atomic E-state index is 4.43. The number of nitrogens with one attached hydrogen (secondary N) is 1. The summed E-state index contributed by atoms with van der Waals surface area (Å²) in [5.74, 6) is 1.70. The second-order valence-electron chi connectivity index (χ2n) is 5.39. The van der Waals surface area contributed by atoms with Gasteiger partial charge in [-0.15, -0.1) is 0 Å². The van der Waals surface area contributed by atoms with Crippen LogP contribution >= 0.6 is 15.9 Å². The standard InChI is InChI=1S/C19H19BrN4/c1-2-24(13-15-6-4-3-5-7-15)19-12-18(21-14-22-19)23-17-10-8-16(20)9-11-17/h3-12,14H,2,13H2,1H3,(H,21,22,23). The summed E-state index contributed by atoms with van der Waals surface area (Å²) >= 11 is 3.44. The first-order chi connectivity index (χ1) is 11.7. The third kappa shape index (κ3) is 4.32. The van der Waals surface area contributed by atoms with Crippen molar-refractivity contribution in [3.05, 3.63) is 77.0 Å². The monoisotopic (exact) mass is 382 g/mol. The van der Waals surface area contributed by atoms with Crippen molar-refractivity contribution in [3.63, 3.8) is 0 Å². The van der Waals surface area contributed by atoms with Gasteiger partial charge in [0.25, 0.3) is 0 Å². The Bertz CT molecular complexity index is 775. The molecular weight excluding hydrogens is 364 g/mol. The Labute approximate surface area is 150 Å². The maximum atomic E-state index is 4.43. The van der Waals surface area contributed by atoms with Gasteiger partial charge in [-0.05, 0) is 36.8 Å². The van der Waals surface area contributed by atoms with Gasteiger partial charge in [0.2, 0.25) is 0 Å². The first kappa shape index (κ1) is 16.5. The molecule has 0 amide bonds. The zero-order chi connectivity index (χ0) is 16.8. The van der Waals surface area contributed by atoms with Gasteiger partial charge in [-0.3, -0.25) is 0 Å². The van der Waals surface area contributed by atoms with Crippen LogP contribution in [0, 0.1) is 0 Å². The molecule has 24 heavy (non-hydrogen) atoms. The van der Waals surface area contributed by atoms with E-state index in [9.17, 15) is 0 Å². The van der Waals surface area contributed by atoms with Gasteiger partial charge >= 0.3 is 0 Å². The van der Waals surface area contributed by atoms with Gasteiger partial charge in [0.15, 0.2) is 0 Å². The van der Waals surface area contributed by atoms with Gasteiger partial charge in [-0.2, -0.15) is 0 Å². The van der Waals surface area contributed by atoms with E-state index >= 15 is 0 Å². The Kier molecular flexibility index (Phi) is 5.43. The number of hydrogen-bond acceptors (Lipinski definition) is 4. The molecule has 3 rings (SSSR count). The van der Waals surface area contributed by atoms with Crippen LogP contribution in [-0.4, -0.2) is 16.5 Å². The van der Waals surface area contributed by atoms with Crippen LogP contribution in [0.5, 0.6) is 0 Å². The second kappa shape index (κ2) is 7.93. The highest BCUT2D eigenvalue weighted by Gasteiger charge is 2.08. The Morgan fingerprint density at radius 2 is 1.75 bits per heavy atom. The van der Waals surface area contributed by atoms with Crippen LogP contribution in [0.1, 0.15) is 12.5 Å². The zero-order valence-electron chi connectivity index (χ0n) is 13.5. The Balaban J connectivity index is 1.76.